The monoisotopic (exact) mass is 425 g/mol. The lowest BCUT2D eigenvalue weighted by atomic mass is 10.2. The van der Waals surface area contributed by atoms with E-state index in [1.807, 2.05) is 34.1 Å². The number of thiophene rings is 1. The normalized spacial score (nSPS) is 11.3. The number of aromatic nitrogens is 2. The van der Waals surface area contributed by atoms with Gasteiger partial charge >= 0.3 is 10.3 Å². The van der Waals surface area contributed by atoms with Crippen molar-refractivity contribution in [3.63, 3.8) is 0 Å². The molecule has 0 aliphatic heterocycles. The summed E-state index contributed by atoms with van der Waals surface area (Å²) < 4.78 is 29.8. The predicted molar refractivity (Wildman–Crippen MR) is 111 cm³/mol. The Morgan fingerprint density at radius 2 is 2.00 bits per heavy atom. The van der Waals surface area contributed by atoms with Crippen LogP contribution >= 0.6 is 11.3 Å². The van der Waals surface area contributed by atoms with Crippen molar-refractivity contribution in [3.8, 4) is 11.8 Å². The fourth-order valence-corrected chi connectivity index (χ4v) is 4.33. The third-order valence-electron chi connectivity index (χ3n) is 4.12. The van der Waals surface area contributed by atoms with E-state index < -0.39 is 10.3 Å². The van der Waals surface area contributed by atoms with E-state index in [0.717, 1.165) is 20.7 Å². The van der Waals surface area contributed by atoms with Crippen molar-refractivity contribution < 1.29 is 12.6 Å². The zero-order valence-electron chi connectivity index (χ0n) is 15.0. The Balaban J connectivity index is 1.66. The number of nitrogens with zero attached hydrogens (tertiary/aromatic N) is 4. The summed E-state index contributed by atoms with van der Waals surface area (Å²) in [5, 5.41) is 17.0. The number of hydrogen-bond donors (Lipinski definition) is 1. The molecule has 4 aromatic rings. The molecule has 0 saturated heterocycles. The van der Waals surface area contributed by atoms with Crippen LogP contribution in [-0.2, 0) is 16.8 Å². The number of anilines is 1. The summed E-state index contributed by atoms with van der Waals surface area (Å²) in [7, 11) is -4.07. The van der Waals surface area contributed by atoms with Gasteiger partial charge in [0, 0.05) is 22.0 Å². The first-order valence-electron chi connectivity index (χ1n) is 8.42. The molecule has 146 valence electrons. The van der Waals surface area contributed by atoms with Crippen LogP contribution in [0.2, 0.25) is 0 Å². The molecule has 0 bridgehead atoms. The van der Waals surface area contributed by atoms with E-state index in [0.29, 0.717) is 12.1 Å². The summed E-state index contributed by atoms with van der Waals surface area (Å²) in [4.78, 5) is 5.17. The van der Waals surface area contributed by atoms with Crippen molar-refractivity contribution in [1.82, 2.24) is 9.66 Å². The van der Waals surface area contributed by atoms with Gasteiger partial charge in [-0.15, -0.1) is 11.3 Å². The number of nitrogens with two attached hydrogens (primary N) is 1. The molecule has 0 amide bonds. The molecule has 4 rings (SSSR count). The second-order valence-corrected chi connectivity index (χ2v) is 8.47. The lowest BCUT2D eigenvalue weighted by Crippen LogP contribution is -2.27. The topological polar surface area (TPSA) is 114 Å². The summed E-state index contributed by atoms with van der Waals surface area (Å²) in [6.07, 6.45) is 5.23. The van der Waals surface area contributed by atoms with Crippen molar-refractivity contribution in [2.45, 2.75) is 6.54 Å². The minimum Gasteiger partial charge on any atom is -0.371 e. The fraction of sp³-hybridized carbons (Fsp3) is 0.0526. The SMILES string of the molecule is N#Cc1ccc(N(Cc2cc3ccc(OS(N)(=O)=O)cc3s2)n2ccnc2)cc1. The molecule has 0 atom stereocenters. The third-order valence-corrected chi connectivity index (χ3v) is 5.63. The largest absolute Gasteiger partial charge is 0.380 e. The standard InChI is InChI=1S/C19H15N5O3S2/c20-11-14-1-4-16(5-2-14)24(23-8-7-22-13-23)12-18-9-15-3-6-17(10-19(15)28-18)27-29(21,25)26/h1-10,13H,12H2,(H2,21,25,26). The quantitative estimate of drug-likeness (QED) is 0.508. The maximum atomic E-state index is 11.1. The van der Waals surface area contributed by atoms with Crippen LogP contribution in [0.1, 0.15) is 10.4 Å². The maximum Gasteiger partial charge on any atom is 0.380 e. The van der Waals surface area contributed by atoms with E-state index in [-0.39, 0.29) is 5.75 Å². The molecule has 2 aromatic heterocycles. The zero-order valence-corrected chi connectivity index (χ0v) is 16.6. The second kappa shape index (κ2) is 7.56. The molecule has 0 saturated carbocycles. The maximum absolute atomic E-state index is 11.1. The van der Waals surface area contributed by atoms with Gasteiger partial charge in [-0.25, -0.2) is 9.66 Å². The lowest BCUT2D eigenvalue weighted by Gasteiger charge is -2.25. The molecule has 0 spiro atoms. The van der Waals surface area contributed by atoms with Gasteiger partial charge in [-0.1, -0.05) is 0 Å². The highest BCUT2D eigenvalue weighted by atomic mass is 32.2. The molecule has 10 heteroatoms. The van der Waals surface area contributed by atoms with E-state index in [1.165, 1.54) is 11.3 Å². The van der Waals surface area contributed by atoms with Crippen LogP contribution in [0.15, 0.2) is 67.3 Å². The van der Waals surface area contributed by atoms with E-state index >= 15 is 0 Å². The van der Waals surface area contributed by atoms with Gasteiger partial charge in [-0.3, -0.25) is 5.01 Å². The average Bonchev–Trinajstić information content (AvgIpc) is 3.34. The molecule has 8 nitrogen and oxygen atoms in total. The first-order chi connectivity index (χ1) is 13.9. The molecular weight excluding hydrogens is 410 g/mol. The van der Waals surface area contributed by atoms with Crippen LogP contribution in [0, 0.1) is 11.3 Å². The van der Waals surface area contributed by atoms with Crippen LogP contribution in [0.5, 0.6) is 5.75 Å². The van der Waals surface area contributed by atoms with Crippen molar-refractivity contribution in [1.29, 1.82) is 5.26 Å². The molecule has 0 unspecified atom stereocenters. The van der Waals surface area contributed by atoms with Gasteiger partial charge in [-0.2, -0.15) is 18.8 Å². The first kappa shape index (κ1) is 18.9. The van der Waals surface area contributed by atoms with Crippen LogP contribution in [0.3, 0.4) is 0 Å². The molecule has 0 aliphatic carbocycles. The summed E-state index contributed by atoms with van der Waals surface area (Å²) in [6.45, 7) is 0.549. The van der Waals surface area contributed by atoms with E-state index in [1.54, 1.807) is 42.9 Å². The summed E-state index contributed by atoms with van der Waals surface area (Å²) in [5.41, 5.74) is 1.49. The van der Waals surface area contributed by atoms with Crippen molar-refractivity contribution in [3.05, 3.63) is 77.7 Å². The summed E-state index contributed by atoms with van der Waals surface area (Å²) in [5.74, 6) is 0.173. The third kappa shape index (κ3) is 4.38. The van der Waals surface area contributed by atoms with Gasteiger partial charge in [0.1, 0.15) is 12.1 Å². The van der Waals surface area contributed by atoms with Gasteiger partial charge in [0.25, 0.3) is 0 Å². The number of rotatable bonds is 6. The van der Waals surface area contributed by atoms with E-state index in [2.05, 4.69) is 11.1 Å². The Bertz CT molecular complexity index is 1290. The molecule has 2 N–H and O–H groups in total. The van der Waals surface area contributed by atoms with Crippen molar-refractivity contribution in [2.24, 2.45) is 5.14 Å². The number of benzene rings is 2. The summed E-state index contributed by atoms with van der Waals surface area (Å²) in [6, 6.07) is 16.4. The smallest absolute Gasteiger partial charge is 0.371 e. The first-order valence-corrected chi connectivity index (χ1v) is 10.7. The Labute approximate surface area is 171 Å². The minimum absolute atomic E-state index is 0.173. The van der Waals surface area contributed by atoms with Crippen LogP contribution in [0.4, 0.5) is 5.69 Å². The molecule has 0 fully saturated rings. The van der Waals surface area contributed by atoms with Gasteiger partial charge in [-0.05, 0) is 53.9 Å². The Morgan fingerprint density at radius 3 is 2.66 bits per heavy atom. The van der Waals surface area contributed by atoms with Gasteiger partial charge in [0.05, 0.1) is 23.9 Å². The van der Waals surface area contributed by atoms with Crippen molar-refractivity contribution in [2.75, 3.05) is 5.01 Å². The van der Waals surface area contributed by atoms with E-state index in [9.17, 15) is 8.42 Å². The molecular formula is C19H15N5O3S2. The summed E-state index contributed by atoms with van der Waals surface area (Å²) >= 11 is 1.52. The second-order valence-electron chi connectivity index (χ2n) is 6.15. The van der Waals surface area contributed by atoms with Gasteiger partial charge in [0.2, 0.25) is 0 Å². The van der Waals surface area contributed by atoms with Gasteiger partial charge < -0.3 is 4.18 Å². The molecule has 29 heavy (non-hydrogen) atoms. The zero-order chi connectivity index (χ0) is 20.4. The predicted octanol–water partition coefficient (Wildman–Crippen LogP) is 3.02. The molecule has 0 aliphatic rings. The Hall–Kier alpha value is -3.39. The molecule has 2 heterocycles. The highest BCUT2D eigenvalue weighted by Crippen LogP contribution is 2.31. The highest BCUT2D eigenvalue weighted by Gasteiger charge is 2.13. The van der Waals surface area contributed by atoms with Crippen LogP contribution in [-0.4, -0.2) is 18.1 Å². The minimum atomic E-state index is -4.07. The number of imidazole rings is 1. The van der Waals surface area contributed by atoms with Gasteiger partial charge in [0.15, 0.2) is 0 Å². The van der Waals surface area contributed by atoms with Crippen LogP contribution < -0.4 is 14.3 Å². The lowest BCUT2D eigenvalue weighted by molar-refractivity contribution is 0.488. The number of hydrogen-bond acceptors (Lipinski definition) is 7. The van der Waals surface area contributed by atoms with Crippen molar-refractivity contribution >= 4 is 37.4 Å². The Kier molecular flexibility index (Phi) is 4.94. The van der Waals surface area contributed by atoms with Crippen LogP contribution in [0.25, 0.3) is 10.1 Å². The average molecular weight is 425 g/mol. The molecule has 0 radical (unpaired) electrons. The van der Waals surface area contributed by atoms with E-state index in [4.69, 9.17) is 14.6 Å². The number of fused-ring (bicyclic) bond motifs is 1. The number of nitriles is 1. The highest BCUT2D eigenvalue weighted by molar-refractivity contribution is 7.84. The molecule has 2 aromatic carbocycles. The Morgan fingerprint density at radius 1 is 1.21 bits per heavy atom. The fourth-order valence-electron chi connectivity index (χ4n) is 2.89.